The average Bonchev–Trinajstić information content (AvgIpc) is 3.37. The van der Waals surface area contributed by atoms with Gasteiger partial charge < -0.3 is 10.1 Å². The number of aromatic nitrogens is 2. The average molecular weight is 510 g/mol. The van der Waals surface area contributed by atoms with Crippen molar-refractivity contribution in [1.82, 2.24) is 15.5 Å². The summed E-state index contributed by atoms with van der Waals surface area (Å²) in [6.07, 6.45) is 0. The molecule has 0 atom stereocenters. The number of ether oxygens (including phenoxy) is 1. The van der Waals surface area contributed by atoms with Gasteiger partial charge in [-0.1, -0.05) is 41.7 Å². The lowest BCUT2D eigenvalue weighted by molar-refractivity contribution is -0.115. The van der Waals surface area contributed by atoms with E-state index in [0.717, 1.165) is 11.3 Å². The van der Waals surface area contributed by atoms with Crippen LogP contribution in [-0.4, -0.2) is 37.0 Å². The van der Waals surface area contributed by atoms with E-state index in [9.17, 15) is 18.0 Å². The second-order valence-electron chi connectivity index (χ2n) is 7.02. The smallest absolute Gasteiger partial charge is 0.262 e. The highest BCUT2D eigenvalue weighted by molar-refractivity contribution is 7.92. The standard InChI is InChI=1S/C23H19N5O5S2/c29-21(26-23-27-25-15-34-23)14-24-22(30)16-10-12-18(13-11-16)35(31,32)28-19-8-4-5-9-20(19)33-17-6-2-1-3-7-17/h1-13,15,28H,14H2,(H,24,30)(H,26,27,29). The fourth-order valence-corrected chi connectivity index (χ4v) is 4.43. The Kier molecular flexibility index (Phi) is 7.33. The molecule has 0 bridgehead atoms. The number of rotatable bonds is 9. The number of nitrogens with zero attached hydrogens (tertiary/aromatic N) is 2. The molecule has 4 rings (SSSR count). The molecule has 3 aromatic carbocycles. The third kappa shape index (κ3) is 6.40. The molecule has 3 N–H and O–H groups in total. The molecule has 0 fully saturated rings. The van der Waals surface area contributed by atoms with E-state index in [1.165, 1.54) is 29.8 Å². The van der Waals surface area contributed by atoms with Gasteiger partial charge in [-0.15, -0.1) is 10.2 Å². The molecule has 0 radical (unpaired) electrons. The molecule has 178 valence electrons. The molecule has 1 aromatic heterocycles. The number of amides is 2. The Labute approximate surface area is 205 Å². The number of carbonyl (C=O) groups is 2. The molecule has 0 saturated heterocycles. The summed E-state index contributed by atoms with van der Waals surface area (Å²) in [5, 5.41) is 12.6. The van der Waals surface area contributed by atoms with E-state index < -0.39 is 21.8 Å². The maximum Gasteiger partial charge on any atom is 0.262 e. The number of hydrogen-bond donors (Lipinski definition) is 3. The molecule has 10 nitrogen and oxygen atoms in total. The summed E-state index contributed by atoms with van der Waals surface area (Å²) in [6, 6.07) is 21.0. The van der Waals surface area contributed by atoms with E-state index in [2.05, 4.69) is 25.6 Å². The number of carbonyl (C=O) groups excluding carboxylic acids is 2. The van der Waals surface area contributed by atoms with Gasteiger partial charge in [0.2, 0.25) is 11.0 Å². The summed E-state index contributed by atoms with van der Waals surface area (Å²) in [6.45, 7) is -0.280. The van der Waals surface area contributed by atoms with Crippen molar-refractivity contribution in [3.8, 4) is 11.5 Å². The third-order valence-electron chi connectivity index (χ3n) is 4.55. The van der Waals surface area contributed by atoms with Crippen molar-refractivity contribution in [2.45, 2.75) is 4.90 Å². The van der Waals surface area contributed by atoms with Gasteiger partial charge in [-0.2, -0.15) is 0 Å². The Morgan fingerprint density at radius 2 is 1.63 bits per heavy atom. The van der Waals surface area contributed by atoms with Crippen LogP contribution < -0.4 is 20.1 Å². The molecular formula is C23H19N5O5S2. The van der Waals surface area contributed by atoms with Gasteiger partial charge in [0.25, 0.3) is 15.9 Å². The summed E-state index contributed by atoms with van der Waals surface area (Å²) in [7, 11) is -3.96. The second-order valence-corrected chi connectivity index (χ2v) is 9.53. The topological polar surface area (TPSA) is 139 Å². The van der Waals surface area contributed by atoms with Gasteiger partial charge in [-0.05, 0) is 48.5 Å². The van der Waals surface area contributed by atoms with Crippen molar-refractivity contribution in [2.75, 3.05) is 16.6 Å². The highest BCUT2D eigenvalue weighted by Crippen LogP contribution is 2.30. The van der Waals surface area contributed by atoms with Crippen LogP contribution in [0.25, 0.3) is 0 Å². The molecule has 0 spiro atoms. The van der Waals surface area contributed by atoms with Gasteiger partial charge in [0.15, 0.2) is 5.75 Å². The Hall–Kier alpha value is -4.29. The lowest BCUT2D eigenvalue weighted by Gasteiger charge is -2.13. The number of anilines is 2. The zero-order valence-corrected chi connectivity index (χ0v) is 19.7. The fourth-order valence-electron chi connectivity index (χ4n) is 2.90. The second kappa shape index (κ2) is 10.8. The quantitative estimate of drug-likeness (QED) is 0.314. The predicted octanol–water partition coefficient (Wildman–Crippen LogP) is 3.50. The van der Waals surface area contributed by atoms with Crippen molar-refractivity contribution < 1.29 is 22.7 Å². The molecule has 35 heavy (non-hydrogen) atoms. The first-order valence-corrected chi connectivity index (χ1v) is 12.6. The van der Waals surface area contributed by atoms with Gasteiger partial charge in [0.05, 0.1) is 17.1 Å². The van der Waals surface area contributed by atoms with E-state index in [4.69, 9.17) is 4.74 Å². The number of sulfonamides is 1. The largest absolute Gasteiger partial charge is 0.455 e. The van der Waals surface area contributed by atoms with E-state index in [0.29, 0.717) is 16.6 Å². The van der Waals surface area contributed by atoms with Crippen LogP contribution in [0.1, 0.15) is 10.4 Å². The molecular weight excluding hydrogens is 490 g/mol. The summed E-state index contributed by atoms with van der Waals surface area (Å²) in [5.41, 5.74) is 1.92. The molecule has 0 aliphatic rings. The van der Waals surface area contributed by atoms with Gasteiger partial charge >= 0.3 is 0 Å². The predicted molar refractivity (Wildman–Crippen MR) is 131 cm³/mol. The molecule has 0 saturated carbocycles. The maximum absolute atomic E-state index is 12.9. The number of para-hydroxylation sites is 3. The Bertz CT molecular complexity index is 1410. The van der Waals surface area contributed by atoms with Crippen LogP contribution in [0.4, 0.5) is 10.8 Å². The molecule has 0 aliphatic heterocycles. The molecule has 12 heteroatoms. The lowest BCUT2D eigenvalue weighted by atomic mass is 10.2. The Morgan fingerprint density at radius 1 is 0.914 bits per heavy atom. The highest BCUT2D eigenvalue weighted by Gasteiger charge is 2.18. The monoisotopic (exact) mass is 509 g/mol. The van der Waals surface area contributed by atoms with E-state index in [-0.39, 0.29) is 22.7 Å². The zero-order valence-electron chi connectivity index (χ0n) is 18.0. The van der Waals surface area contributed by atoms with Crippen LogP contribution in [0.2, 0.25) is 0 Å². The highest BCUT2D eigenvalue weighted by atomic mass is 32.2. The SMILES string of the molecule is O=C(CNC(=O)c1ccc(S(=O)(=O)Nc2ccccc2Oc2ccccc2)cc1)Nc1nncs1. The van der Waals surface area contributed by atoms with Crippen LogP contribution in [0, 0.1) is 0 Å². The third-order valence-corrected chi connectivity index (χ3v) is 6.53. The van der Waals surface area contributed by atoms with Crippen molar-refractivity contribution in [3.63, 3.8) is 0 Å². The first-order valence-electron chi connectivity index (χ1n) is 10.2. The minimum absolute atomic E-state index is 0.0439. The van der Waals surface area contributed by atoms with Gasteiger partial charge in [-0.3, -0.25) is 19.6 Å². The summed E-state index contributed by atoms with van der Waals surface area (Å²) >= 11 is 1.15. The van der Waals surface area contributed by atoms with Crippen molar-refractivity contribution in [2.24, 2.45) is 0 Å². The van der Waals surface area contributed by atoms with Gasteiger partial charge in [0, 0.05) is 5.56 Å². The summed E-state index contributed by atoms with van der Waals surface area (Å²) in [5.74, 6) is -0.0950. The molecule has 2 amide bonds. The van der Waals surface area contributed by atoms with Crippen LogP contribution in [0.15, 0.2) is 89.3 Å². The van der Waals surface area contributed by atoms with Crippen LogP contribution >= 0.6 is 11.3 Å². The van der Waals surface area contributed by atoms with E-state index in [1.807, 2.05) is 18.2 Å². The Balaban J connectivity index is 1.40. The summed E-state index contributed by atoms with van der Waals surface area (Å²) in [4.78, 5) is 24.1. The van der Waals surface area contributed by atoms with Gasteiger partial charge in [0.1, 0.15) is 11.3 Å². The minimum Gasteiger partial charge on any atom is -0.455 e. The molecule has 1 heterocycles. The van der Waals surface area contributed by atoms with Crippen molar-refractivity contribution in [1.29, 1.82) is 0 Å². The number of nitrogens with one attached hydrogen (secondary N) is 3. The number of hydrogen-bond acceptors (Lipinski definition) is 8. The minimum atomic E-state index is -3.96. The zero-order chi connectivity index (χ0) is 24.7. The van der Waals surface area contributed by atoms with Crippen LogP contribution in [-0.2, 0) is 14.8 Å². The van der Waals surface area contributed by atoms with E-state index >= 15 is 0 Å². The number of benzene rings is 3. The van der Waals surface area contributed by atoms with Crippen LogP contribution in [0.5, 0.6) is 11.5 Å². The molecule has 0 unspecified atom stereocenters. The first-order chi connectivity index (χ1) is 16.9. The normalized spacial score (nSPS) is 10.9. The molecule has 4 aromatic rings. The van der Waals surface area contributed by atoms with Crippen molar-refractivity contribution in [3.05, 3.63) is 89.9 Å². The summed E-state index contributed by atoms with van der Waals surface area (Å²) < 4.78 is 34.2. The van der Waals surface area contributed by atoms with Crippen molar-refractivity contribution >= 4 is 44.0 Å². The van der Waals surface area contributed by atoms with Crippen LogP contribution in [0.3, 0.4) is 0 Å². The van der Waals surface area contributed by atoms with Gasteiger partial charge in [-0.25, -0.2) is 8.42 Å². The lowest BCUT2D eigenvalue weighted by Crippen LogP contribution is -2.32. The fraction of sp³-hybridized carbons (Fsp3) is 0.0435. The van der Waals surface area contributed by atoms with E-state index in [1.54, 1.807) is 36.4 Å². The Morgan fingerprint density at radius 3 is 2.34 bits per heavy atom. The maximum atomic E-state index is 12.9. The first kappa shape index (κ1) is 23.9. The molecule has 0 aliphatic carbocycles.